The van der Waals surface area contributed by atoms with Crippen LogP contribution in [0.4, 0.5) is 13.2 Å². The minimum Gasteiger partial charge on any atom is -0.457 e. The molecule has 0 bridgehead atoms. The van der Waals surface area contributed by atoms with Gasteiger partial charge in [0.2, 0.25) is 0 Å². The van der Waals surface area contributed by atoms with E-state index in [1.54, 1.807) is 0 Å². The van der Waals surface area contributed by atoms with Crippen LogP contribution in [0.15, 0.2) is 59.6 Å². The van der Waals surface area contributed by atoms with E-state index in [1.165, 1.54) is 7.05 Å². The van der Waals surface area contributed by atoms with Gasteiger partial charge in [-0.15, -0.1) is 24.0 Å². The summed E-state index contributed by atoms with van der Waals surface area (Å²) in [7, 11) is 1.51. The molecular weight excluding hydrogens is 458 g/mol. The fourth-order valence-electron chi connectivity index (χ4n) is 2.09. The van der Waals surface area contributed by atoms with E-state index in [9.17, 15) is 13.2 Å². The van der Waals surface area contributed by atoms with E-state index in [1.807, 2.05) is 54.6 Å². The molecule has 0 spiro atoms. The molecule has 0 fully saturated rings. The third-order valence-corrected chi connectivity index (χ3v) is 3.31. The molecule has 2 N–H and O–H groups in total. The zero-order valence-corrected chi connectivity index (χ0v) is 16.5. The van der Waals surface area contributed by atoms with Gasteiger partial charge in [-0.1, -0.05) is 36.4 Å². The van der Waals surface area contributed by atoms with E-state index < -0.39 is 12.6 Å². The highest BCUT2D eigenvalue weighted by atomic mass is 127. The summed E-state index contributed by atoms with van der Waals surface area (Å²) >= 11 is 0. The average molecular weight is 479 g/mol. The van der Waals surface area contributed by atoms with Crippen LogP contribution in [-0.4, -0.2) is 25.7 Å². The quantitative estimate of drug-likeness (QED) is 0.359. The largest absolute Gasteiger partial charge is 0.457 e. The maximum absolute atomic E-state index is 12.2. The van der Waals surface area contributed by atoms with Gasteiger partial charge in [0, 0.05) is 25.7 Å². The zero-order chi connectivity index (χ0) is 18.1. The van der Waals surface area contributed by atoms with Gasteiger partial charge in [-0.3, -0.25) is 4.99 Å². The van der Waals surface area contributed by atoms with Crippen LogP contribution >= 0.6 is 24.0 Å². The summed E-state index contributed by atoms with van der Waals surface area (Å²) in [6.07, 6.45) is -5.11. The molecule has 4 nitrogen and oxygen atoms in total. The maximum atomic E-state index is 12.2. The highest BCUT2D eigenvalue weighted by Gasteiger charge is 2.26. The van der Waals surface area contributed by atoms with E-state index in [0.29, 0.717) is 24.0 Å². The summed E-state index contributed by atoms with van der Waals surface area (Å²) in [5.41, 5.74) is 0.866. The summed E-state index contributed by atoms with van der Waals surface area (Å²) in [4.78, 5) is 3.92. The van der Waals surface area contributed by atoms with Crippen molar-refractivity contribution in [2.75, 3.05) is 13.6 Å². The summed E-state index contributed by atoms with van der Waals surface area (Å²) in [6, 6.07) is 16.8. The van der Waals surface area contributed by atoms with Crippen LogP contribution in [0.3, 0.4) is 0 Å². The molecule has 2 aromatic rings. The molecule has 0 amide bonds. The summed E-state index contributed by atoms with van der Waals surface area (Å²) in [6.45, 7) is 0.139. The Bertz CT molecular complexity index is 694. The van der Waals surface area contributed by atoms with Gasteiger partial charge in [0.05, 0.1) is 6.42 Å². The number of alkyl halides is 3. The fourth-order valence-corrected chi connectivity index (χ4v) is 2.09. The maximum Gasteiger partial charge on any atom is 0.390 e. The van der Waals surface area contributed by atoms with Crippen molar-refractivity contribution >= 4 is 29.9 Å². The van der Waals surface area contributed by atoms with Crippen molar-refractivity contribution in [2.24, 2.45) is 4.99 Å². The van der Waals surface area contributed by atoms with Crippen molar-refractivity contribution in [2.45, 2.75) is 19.1 Å². The second kappa shape index (κ2) is 10.9. The Balaban J connectivity index is 0.00000338. The lowest BCUT2D eigenvalue weighted by Gasteiger charge is -2.15. The Morgan fingerprint density at radius 1 is 1.00 bits per heavy atom. The first-order valence-corrected chi connectivity index (χ1v) is 7.80. The molecule has 2 aromatic carbocycles. The number of nitrogens with zero attached hydrogens (tertiary/aromatic N) is 1. The standard InChI is InChI=1S/C18H20F3N3O.HI/c1-22-17(23-12-11-18(19,20)21)24-13-14-7-5-6-10-16(14)25-15-8-3-2-4-9-15;/h2-10H,11-13H2,1H3,(H2,22,23,24);1H. The third-order valence-electron chi connectivity index (χ3n) is 3.31. The molecule has 26 heavy (non-hydrogen) atoms. The van der Waals surface area contributed by atoms with Crippen molar-refractivity contribution in [3.8, 4) is 11.5 Å². The van der Waals surface area contributed by atoms with Crippen LogP contribution in [0.5, 0.6) is 11.5 Å². The van der Waals surface area contributed by atoms with Crippen molar-refractivity contribution in [3.63, 3.8) is 0 Å². The van der Waals surface area contributed by atoms with Crippen LogP contribution in [0, 0.1) is 0 Å². The number of hydrogen-bond acceptors (Lipinski definition) is 2. The lowest BCUT2D eigenvalue weighted by Crippen LogP contribution is -2.38. The zero-order valence-electron chi connectivity index (χ0n) is 14.2. The fraction of sp³-hybridized carbons (Fsp3) is 0.278. The molecule has 0 radical (unpaired) electrons. The number of para-hydroxylation sites is 2. The molecule has 142 valence electrons. The van der Waals surface area contributed by atoms with Crippen molar-refractivity contribution in [1.29, 1.82) is 0 Å². The van der Waals surface area contributed by atoms with Gasteiger partial charge in [0.25, 0.3) is 0 Å². The normalized spacial score (nSPS) is 11.5. The van der Waals surface area contributed by atoms with Gasteiger partial charge < -0.3 is 15.4 Å². The molecule has 0 aromatic heterocycles. The van der Waals surface area contributed by atoms with Gasteiger partial charge in [-0.25, -0.2) is 0 Å². The highest BCUT2D eigenvalue weighted by molar-refractivity contribution is 14.0. The second-order valence-corrected chi connectivity index (χ2v) is 5.24. The number of nitrogens with one attached hydrogen (secondary N) is 2. The molecule has 0 aliphatic heterocycles. The van der Waals surface area contributed by atoms with Crippen molar-refractivity contribution in [1.82, 2.24) is 10.6 Å². The smallest absolute Gasteiger partial charge is 0.390 e. The molecule has 0 heterocycles. The van der Waals surface area contributed by atoms with E-state index in [0.717, 1.165) is 5.56 Å². The Hall–Kier alpha value is -1.97. The molecule has 8 heteroatoms. The Morgan fingerprint density at radius 2 is 1.65 bits per heavy atom. The lowest BCUT2D eigenvalue weighted by atomic mass is 10.2. The molecular formula is C18H21F3IN3O. The van der Waals surface area contributed by atoms with Crippen LogP contribution in [-0.2, 0) is 6.54 Å². The van der Waals surface area contributed by atoms with Gasteiger partial charge in [0.15, 0.2) is 5.96 Å². The summed E-state index contributed by atoms with van der Waals surface area (Å²) in [5, 5.41) is 5.63. The molecule has 0 saturated carbocycles. The van der Waals surface area contributed by atoms with E-state index in [4.69, 9.17) is 4.74 Å². The Morgan fingerprint density at radius 3 is 2.31 bits per heavy atom. The molecule has 0 unspecified atom stereocenters. The summed E-state index contributed by atoms with van der Waals surface area (Å²) < 4.78 is 42.5. The molecule has 0 aliphatic rings. The molecule has 0 aliphatic carbocycles. The Kier molecular flexibility index (Phi) is 9.25. The molecule has 0 saturated heterocycles. The first-order valence-electron chi connectivity index (χ1n) is 7.80. The average Bonchev–Trinajstić information content (AvgIpc) is 2.59. The predicted molar refractivity (Wildman–Crippen MR) is 107 cm³/mol. The second-order valence-electron chi connectivity index (χ2n) is 5.24. The number of aliphatic imine (C=N–C) groups is 1. The minimum absolute atomic E-state index is 0. The number of benzene rings is 2. The van der Waals surface area contributed by atoms with Gasteiger partial charge >= 0.3 is 6.18 Å². The first kappa shape index (κ1) is 22.1. The van der Waals surface area contributed by atoms with Crippen LogP contribution < -0.4 is 15.4 Å². The number of ether oxygens (including phenoxy) is 1. The highest BCUT2D eigenvalue weighted by Crippen LogP contribution is 2.24. The summed E-state index contributed by atoms with van der Waals surface area (Å²) in [5.74, 6) is 1.69. The van der Waals surface area contributed by atoms with E-state index in [-0.39, 0.29) is 30.5 Å². The number of halogens is 4. The van der Waals surface area contributed by atoms with E-state index in [2.05, 4.69) is 15.6 Å². The van der Waals surface area contributed by atoms with Crippen LogP contribution in [0.1, 0.15) is 12.0 Å². The van der Waals surface area contributed by atoms with Crippen molar-refractivity contribution < 1.29 is 17.9 Å². The molecule has 2 rings (SSSR count). The van der Waals surface area contributed by atoms with Gasteiger partial charge in [-0.05, 0) is 18.2 Å². The topological polar surface area (TPSA) is 45.7 Å². The SMILES string of the molecule is CN=C(NCCC(F)(F)F)NCc1ccccc1Oc1ccccc1.I. The van der Waals surface area contributed by atoms with Gasteiger partial charge in [-0.2, -0.15) is 13.2 Å². The van der Waals surface area contributed by atoms with E-state index >= 15 is 0 Å². The minimum atomic E-state index is -4.19. The Labute approximate surface area is 167 Å². The first-order chi connectivity index (χ1) is 12.0. The molecule has 0 atom stereocenters. The third kappa shape index (κ3) is 7.94. The van der Waals surface area contributed by atoms with Gasteiger partial charge in [0.1, 0.15) is 11.5 Å². The lowest BCUT2D eigenvalue weighted by molar-refractivity contribution is -0.132. The monoisotopic (exact) mass is 479 g/mol. The van der Waals surface area contributed by atoms with Crippen LogP contribution in [0.2, 0.25) is 0 Å². The number of guanidine groups is 1. The van der Waals surface area contributed by atoms with Crippen molar-refractivity contribution in [3.05, 3.63) is 60.2 Å². The number of rotatable bonds is 6. The number of hydrogen-bond donors (Lipinski definition) is 2. The van der Waals surface area contributed by atoms with Crippen LogP contribution in [0.25, 0.3) is 0 Å². The predicted octanol–water partition coefficient (Wildman–Crippen LogP) is 4.71.